The fourth-order valence-electron chi connectivity index (χ4n) is 2.36. The minimum atomic E-state index is -5.07. The highest BCUT2D eigenvalue weighted by molar-refractivity contribution is 5.52. The number of hydrogen-bond donors (Lipinski definition) is 0. The van der Waals surface area contributed by atoms with Gasteiger partial charge in [0.2, 0.25) is 0 Å². The van der Waals surface area contributed by atoms with E-state index in [4.69, 9.17) is 0 Å². The van der Waals surface area contributed by atoms with Crippen LogP contribution in [0.25, 0.3) is 6.08 Å². The Kier molecular flexibility index (Phi) is 4.22. The molecule has 0 heterocycles. The van der Waals surface area contributed by atoms with Crippen LogP contribution in [0.5, 0.6) is 0 Å². The molecular formula is C16H12F6. The molecule has 1 aromatic rings. The van der Waals surface area contributed by atoms with Gasteiger partial charge in [-0.05, 0) is 5.56 Å². The van der Waals surface area contributed by atoms with Gasteiger partial charge < -0.3 is 0 Å². The predicted octanol–water partition coefficient (Wildman–Crippen LogP) is 5.55. The van der Waals surface area contributed by atoms with E-state index in [0.29, 0.717) is 23.8 Å². The van der Waals surface area contributed by atoms with Gasteiger partial charge in [-0.2, -0.15) is 26.3 Å². The van der Waals surface area contributed by atoms with Crippen molar-refractivity contribution in [3.8, 4) is 0 Å². The van der Waals surface area contributed by atoms with Crippen molar-refractivity contribution in [3.05, 3.63) is 66.3 Å². The van der Waals surface area contributed by atoms with Crippen LogP contribution in [0.3, 0.4) is 0 Å². The first-order valence-electron chi connectivity index (χ1n) is 6.40. The van der Waals surface area contributed by atoms with Crippen molar-refractivity contribution in [2.24, 2.45) is 11.3 Å². The Labute approximate surface area is 123 Å². The van der Waals surface area contributed by atoms with Crippen LogP contribution in [0.1, 0.15) is 5.56 Å². The maximum Gasteiger partial charge on any atom is 0.402 e. The minimum Gasteiger partial charge on any atom is -0.170 e. The molecule has 1 aliphatic carbocycles. The molecule has 0 radical (unpaired) electrons. The topological polar surface area (TPSA) is 0 Å². The Morgan fingerprint density at radius 2 is 1.55 bits per heavy atom. The molecule has 0 fully saturated rings. The monoisotopic (exact) mass is 318 g/mol. The SMILES string of the molecule is FC(F)(F)C1C=CC=CC1(C=Cc1ccccc1)C(F)(F)F. The molecule has 2 unspecified atom stereocenters. The van der Waals surface area contributed by atoms with Gasteiger partial charge in [-0.25, -0.2) is 0 Å². The zero-order valence-electron chi connectivity index (χ0n) is 11.2. The number of hydrogen-bond acceptors (Lipinski definition) is 0. The standard InChI is InChI=1S/C16H12F6/c17-15(18,19)13-8-4-5-10-14(13,16(20,21)22)11-9-12-6-2-1-3-7-12/h1-11,13H. The third-order valence-corrected chi connectivity index (χ3v) is 3.50. The second-order valence-electron chi connectivity index (χ2n) is 4.94. The first-order valence-corrected chi connectivity index (χ1v) is 6.40. The molecule has 2 rings (SSSR count). The third-order valence-electron chi connectivity index (χ3n) is 3.50. The third kappa shape index (κ3) is 3.10. The summed E-state index contributed by atoms with van der Waals surface area (Å²) in [5, 5.41) is 0. The van der Waals surface area contributed by atoms with Gasteiger partial charge in [0.05, 0.1) is 5.92 Å². The molecule has 0 bridgehead atoms. The summed E-state index contributed by atoms with van der Waals surface area (Å²) in [5.74, 6) is -2.65. The Morgan fingerprint density at radius 1 is 0.909 bits per heavy atom. The Morgan fingerprint density at radius 3 is 2.09 bits per heavy atom. The number of rotatable bonds is 2. The van der Waals surface area contributed by atoms with Crippen molar-refractivity contribution in [1.29, 1.82) is 0 Å². The summed E-state index contributed by atoms with van der Waals surface area (Å²) in [7, 11) is 0. The minimum absolute atomic E-state index is 0.398. The molecule has 1 aromatic carbocycles. The van der Waals surface area contributed by atoms with Crippen molar-refractivity contribution in [2.75, 3.05) is 0 Å². The number of halogens is 6. The van der Waals surface area contributed by atoms with Gasteiger partial charge in [-0.3, -0.25) is 0 Å². The number of allylic oxidation sites excluding steroid dienone is 5. The molecular weight excluding hydrogens is 306 g/mol. The average molecular weight is 318 g/mol. The summed E-state index contributed by atoms with van der Waals surface area (Å²) in [6.45, 7) is 0. The maximum atomic E-state index is 13.4. The fourth-order valence-corrected chi connectivity index (χ4v) is 2.36. The molecule has 0 saturated carbocycles. The molecule has 0 saturated heterocycles. The van der Waals surface area contributed by atoms with Crippen molar-refractivity contribution in [1.82, 2.24) is 0 Å². The summed E-state index contributed by atoms with van der Waals surface area (Å²) in [6, 6.07) is 7.89. The summed E-state index contributed by atoms with van der Waals surface area (Å²) in [4.78, 5) is 0. The molecule has 118 valence electrons. The van der Waals surface area contributed by atoms with E-state index in [2.05, 4.69) is 0 Å². The molecule has 1 aliphatic rings. The first kappa shape index (κ1) is 16.4. The fraction of sp³-hybridized carbons (Fsp3) is 0.250. The van der Waals surface area contributed by atoms with Crippen LogP contribution in [0.4, 0.5) is 26.3 Å². The quantitative estimate of drug-likeness (QED) is 0.627. The molecule has 0 N–H and O–H groups in total. The first-order chi connectivity index (χ1) is 10.2. The summed E-state index contributed by atoms with van der Waals surface area (Å²) >= 11 is 0. The highest BCUT2D eigenvalue weighted by atomic mass is 19.4. The molecule has 0 spiro atoms. The lowest BCUT2D eigenvalue weighted by Crippen LogP contribution is -2.47. The van der Waals surface area contributed by atoms with Crippen molar-refractivity contribution >= 4 is 6.08 Å². The number of benzene rings is 1. The lowest BCUT2D eigenvalue weighted by molar-refractivity contribution is -0.256. The smallest absolute Gasteiger partial charge is 0.170 e. The summed E-state index contributed by atoms with van der Waals surface area (Å²) < 4.78 is 79.5. The summed E-state index contributed by atoms with van der Waals surface area (Å²) in [5.41, 5.74) is -2.70. The lowest BCUT2D eigenvalue weighted by atomic mass is 9.71. The van der Waals surface area contributed by atoms with Gasteiger partial charge in [0.1, 0.15) is 5.41 Å². The number of alkyl halides is 6. The van der Waals surface area contributed by atoms with Crippen molar-refractivity contribution in [2.45, 2.75) is 12.4 Å². The molecule has 0 aromatic heterocycles. The van der Waals surface area contributed by atoms with E-state index < -0.39 is 23.7 Å². The van der Waals surface area contributed by atoms with E-state index in [1.54, 1.807) is 18.2 Å². The van der Waals surface area contributed by atoms with E-state index in [1.807, 2.05) is 0 Å². The van der Waals surface area contributed by atoms with E-state index in [1.165, 1.54) is 12.1 Å². The van der Waals surface area contributed by atoms with Gasteiger partial charge in [0.15, 0.2) is 0 Å². The second-order valence-corrected chi connectivity index (χ2v) is 4.94. The van der Waals surface area contributed by atoms with Gasteiger partial charge in [0, 0.05) is 0 Å². The van der Waals surface area contributed by atoms with Gasteiger partial charge in [-0.15, -0.1) is 0 Å². The summed E-state index contributed by atoms with van der Waals surface area (Å²) in [6.07, 6.45) is -5.34. The van der Waals surface area contributed by atoms with E-state index >= 15 is 0 Å². The normalized spacial score (nSPS) is 25.8. The molecule has 0 aliphatic heterocycles. The Hall–Kier alpha value is -1.98. The molecule has 22 heavy (non-hydrogen) atoms. The second kappa shape index (κ2) is 5.66. The predicted molar refractivity (Wildman–Crippen MR) is 71.8 cm³/mol. The van der Waals surface area contributed by atoms with E-state index in [0.717, 1.165) is 18.2 Å². The lowest BCUT2D eigenvalue weighted by Gasteiger charge is -2.38. The van der Waals surface area contributed by atoms with Crippen LogP contribution in [0.15, 0.2) is 60.7 Å². The van der Waals surface area contributed by atoms with Crippen LogP contribution >= 0.6 is 0 Å². The van der Waals surface area contributed by atoms with Gasteiger partial charge >= 0.3 is 12.4 Å². The van der Waals surface area contributed by atoms with Gasteiger partial charge in [-0.1, -0.05) is 66.8 Å². The van der Waals surface area contributed by atoms with E-state index in [-0.39, 0.29) is 0 Å². The van der Waals surface area contributed by atoms with Crippen LogP contribution < -0.4 is 0 Å². The van der Waals surface area contributed by atoms with Crippen molar-refractivity contribution < 1.29 is 26.3 Å². The zero-order valence-corrected chi connectivity index (χ0v) is 11.2. The van der Waals surface area contributed by atoms with Crippen LogP contribution in [-0.2, 0) is 0 Å². The molecule has 0 nitrogen and oxygen atoms in total. The highest BCUT2D eigenvalue weighted by Crippen LogP contribution is 2.54. The average Bonchev–Trinajstić information content (AvgIpc) is 2.44. The highest BCUT2D eigenvalue weighted by Gasteiger charge is 2.63. The molecule has 6 heteroatoms. The van der Waals surface area contributed by atoms with Crippen LogP contribution in [-0.4, -0.2) is 12.4 Å². The zero-order chi connectivity index (χ0) is 16.4. The molecule has 0 amide bonds. The largest absolute Gasteiger partial charge is 0.402 e. The van der Waals surface area contributed by atoms with Gasteiger partial charge in [0.25, 0.3) is 0 Å². The van der Waals surface area contributed by atoms with Crippen LogP contribution in [0.2, 0.25) is 0 Å². The van der Waals surface area contributed by atoms with Crippen LogP contribution in [0, 0.1) is 11.3 Å². The Bertz CT molecular complexity index is 591. The Balaban J connectivity index is 2.51. The maximum absolute atomic E-state index is 13.4. The van der Waals surface area contributed by atoms with E-state index in [9.17, 15) is 26.3 Å². The molecule has 2 atom stereocenters. The van der Waals surface area contributed by atoms with Crippen molar-refractivity contribution in [3.63, 3.8) is 0 Å².